The number of nitrogens with zero attached hydrogens (tertiary/aromatic N) is 4. The summed E-state index contributed by atoms with van der Waals surface area (Å²) in [5.74, 6) is -0.425. The van der Waals surface area contributed by atoms with Gasteiger partial charge in [0.1, 0.15) is 6.54 Å². The monoisotopic (exact) mass is 485 g/mol. The molecule has 1 aliphatic rings. The average molecular weight is 486 g/mol. The first kappa shape index (κ1) is 23.8. The standard InChI is InChI=1S/C28H31N5O3/c1-2-3-17-31-26-25(33(19-29-26)21-13-7-8-14-21)27(35)32(28(31)36)18-24(34)30-23-16-10-9-15-22(23)20-11-5-4-6-12-20/h4-6,9-12,15-16,19,21H,2-3,7-8,13-14,17-18H2,1H3,(H,30,34). The maximum atomic E-state index is 13.6. The van der Waals surface area contributed by atoms with Crippen molar-refractivity contribution in [2.75, 3.05) is 5.32 Å². The normalized spacial score (nSPS) is 13.9. The minimum absolute atomic E-state index is 0.194. The van der Waals surface area contributed by atoms with Crippen molar-refractivity contribution >= 4 is 22.8 Å². The molecule has 0 aliphatic heterocycles. The first-order valence-electron chi connectivity index (χ1n) is 12.7. The Bertz CT molecular complexity index is 1490. The molecule has 0 atom stereocenters. The quantitative estimate of drug-likeness (QED) is 0.396. The number of amides is 1. The van der Waals surface area contributed by atoms with Gasteiger partial charge in [0.05, 0.1) is 6.33 Å². The fraction of sp³-hybridized carbons (Fsp3) is 0.357. The zero-order valence-electron chi connectivity index (χ0n) is 20.5. The third-order valence-electron chi connectivity index (χ3n) is 6.98. The Morgan fingerprint density at radius 3 is 2.47 bits per heavy atom. The van der Waals surface area contributed by atoms with Crippen molar-refractivity contribution in [1.82, 2.24) is 18.7 Å². The van der Waals surface area contributed by atoms with Gasteiger partial charge in [-0.1, -0.05) is 74.7 Å². The molecule has 1 saturated carbocycles. The molecular formula is C28H31N5O3. The van der Waals surface area contributed by atoms with E-state index in [1.807, 2.05) is 66.1 Å². The summed E-state index contributed by atoms with van der Waals surface area (Å²) >= 11 is 0. The Balaban J connectivity index is 1.52. The summed E-state index contributed by atoms with van der Waals surface area (Å²) in [6, 6.07) is 17.5. The fourth-order valence-corrected chi connectivity index (χ4v) is 5.12. The van der Waals surface area contributed by atoms with Gasteiger partial charge in [0.15, 0.2) is 11.2 Å². The van der Waals surface area contributed by atoms with E-state index in [9.17, 15) is 14.4 Å². The number of imidazole rings is 1. The van der Waals surface area contributed by atoms with Crippen LogP contribution in [0.5, 0.6) is 0 Å². The second kappa shape index (κ2) is 10.4. The van der Waals surface area contributed by atoms with Crippen molar-refractivity contribution < 1.29 is 4.79 Å². The highest BCUT2D eigenvalue weighted by Crippen LogP contribution is 2.31. The molecule has 186 valence electrons. The lowest BCUT2D eigenvalue weighted by Gasteiger charge is -2.16. The molecule has 1 amide bonds. The van der Waals surface area contributed by atoms with Crippen LogP contribution in [-0.2, 0) is 17.9 Å². The summed E-state index contributed by atoms with van der Waals surface area (Å²) in [6.07, 6.45) is 7.54. The molecule has 1 fully saturated rings. The van der Waals surface area contributed by atoms with Crippen LogP contribution < -0.4 is 16.6 Å². The van der Waals surface area contributed by atoms with E-state index in [1.165, 1.54) is 0 Å². The summed E-state index contributed by atoms with van der Waals surface area (Å²) in [6.45, 7) is 2.14. The molecule has 8 heteroatoms. The number of nitrogens with one attached hydrogen (secondary N) is 1. The van der Waals surface area contributed by atoms with Gasteiger partial charge in [0.2, 0.25) is 5.91 Å². The van der Waals surface area contributed by atoms with Gasteiger partial charge in [0.25, 0.3) is 5.56 Å². The largest absolute Gasteiger partial charge is 0.333 e. The second-order valence-corrected chi connectivity index (χ2v) is 9.40. The van der Waals surface area contributed by atoms with Crippen LogP contribution in [0.4, 0.5) is 5.69 Å². The molecule has 4 aromatic rings. The average Bonchev–Trinajstić information content (AvgIpc) is 3.58. The highest BCUT2D eigenvalue weighted by molar-refractivity contribution is 5.95. The van der Waals surface area contributed by atoms with E-state index >= 15 is 0 Å². The number of unbranched alkanes of at least 4 members (excludes halogenated alkanes) is 1. The smallest absolute Gasteiger partial charge is 0.324 e. The van der Waals surface area contributed by atoms with Crippen LogP contribution in [0.25, 0.3) is 22.3 Å². The molecule has 2 aromatic heterocycles. The molecule has 0 spiro atoms. The number of fused-ring (bicyclic) bond motifs is 1. The van der Waals surface area contributed by atoms with Crippen LogP contribution in [0.3, 0.4) is 0 Å². The summed E-state index contributed by atoms with van der Waals surface area (Å²) < 4.78 is 4.54. The molecule has 0 unspecified atom stereocenters. The first-order valence-corrected chi connectivity index (χ1v) is 12.7. The molecule has 0 saturated heterocycles. The molecular weight excluding hydrogens is 454 g/mol. The zero-order chi connectivity index (χ0) is 25.1. The highest BCUT2D eigenvalue weighted by atomic mass is 16.2. The Morgan fingerprint density at radius 2 is 1.72 bits per heavy atom. The number of rotatable bonds is 8. The summed E-state index contributed by atoms with van der Waals surface area (Å²) in [5.41, 5.74) is 2.34. The van der Waals surface area contributed by atoms with Crippen molar-refractivity contribution in [1.29, 1.82) is 0 Å². The van der Waals surface area contributed by atoms with E-state index in [1.54, 1.807) is 10.9 Å². The number of benzene rings is 2. The number of para-hydroxylation sites is 1. The minimum Gasteiger partial charge on any atom is -0.324 e. The lowest BCUT2D eigenvalue weighted by Crippen LogP contribution is -2.43. The maximum Gasteiger partial charge on any atom is 0.333 e. The van der Waals surface area contributed by atoms with Gasteiger partial charge in [-0.25, -0.2) is 14.3 Å². The van der Waals surface area contributed by atoms with E-state index < -0.39 is 17.2 Å². The van der Waals surface area contributed by atoms with Crippen LogP contribution >= 0.6 is 0 Å². The zero-order valence-corrected chi connectivity index (χ0v) is 20.5. The molecule has 1 aliphatic carbocycles. The fourth-order valence-electron chi connectivity index (χ4n) is 5.12. The number of anilines is 1. The maximum absolute atomic E-state index is 13.6. The third-order valence-corrected chi connectivity index (χ3v) is 6.98. The van der Waals surface area contributed by atoms with Gasteiger partial charge in [-0.15, -0.1) is 0 Å². The number of hydrogen-bond donors (Lipinski definition) is 1. The molecule has 0 radical (unpaired) electrons. The van der Waals surface area contributed by atoms with E-state index in [0.29, 0.717) is 23.4 Å². The van der Waals surface area contributed by atoms with Gasteiger partial charge in [0, 0.05) is 23.8 Å². The van der Waals surface area contributed by atoms with Gasteiger partial charge < -0.3 is 9.88 Å². The number of aromatic nitrogens is 4. The van der Waals surface area contributed by atoms with Gasteiger partial charge in [-0.05, 0) is 30.9 Å². The van der Waals surface area contributed by atoms with Gasteiger partial charge >= 0.3 is 5.69 Å². The van der Waals surface area contributed by atoms with Crippen LogP contribution in [0, 0.1) is 0 Å². The van der Waals surface area contributed by atoms with Crippen LogP contribution in [0.2, 0.25) is 0 Å². The molecule has 36 heavy (non-hydrogen) atoms. The Morgan fingerprint density at radius 1 is 1.00 bits per heavy atom. The Hall–Kier alpha value is -3.94. The second-order valence-electron chi connectivity index (χ2n) is 9.40. The van der Waals surface area contributed by atoms with Crippen molar-refractivity contribution in [3.63, 3.8) is 0 Å². The molecule has 2 aromatic carbocycles. The molecule has 5 rings (SSSR count). The first-order chi connectivity index (χ1) is 17.6. The summed E-state index contributed by atoms with van der Waals surface area (Å²) in [7, 11) is 0. The lowest BCUT2D eigenvalue weighted by molar-refractivity contribution is -0.116. The topological polar surface area (TPSA) is 90.9 Å². The van der Waals surface area contributed by atoms with E-state index in [0.717, 1.165) is 54.2 Å². The summed E-state index contributed by atoms with van der Waals surface area (Å²) in [5, 5.41) is 2.92. The van der Waals surface area contributed by atoms with Gasteiger partial charge in [-0.3, -0.25) is 14.2 Å². The Kier molecular flexibility index (Phi) is 6.84. The molecule has 1 N–H and O–H groups in total. The van der Waals surface area contributed by atoms with Crippen molar-refractivity contribution in [2.45, 2.75) is 64.6 Å². The van der Waals surface area contributed by atoms with Crippen molar-refractivity contribution in [3.05, 3.63) is 81.8 Å². The number of carbonyl (C=O) groups excluding carboxylic acids is 1. The van der Waals surface area contributed by atoms with E-state index in [2.05, 4.69) is 10.3 Å². The predicted octanol–water partition coefficient (Wildman–Crippen LogP) is 4.58. The van der Waals surface area contributed by atoms with Crippen LogP contribution in [-0.4, -0.2) is 24.6 Å². The predicted molar refractivity (Wildman–Crippen MR) is 141 cm³/mol. The van der Waals surface area contributed by atoms with E-state index in [-0.39, 0.29) is 12.6 Å². The van der Waals surface area contributed by atoms with Crippen molar-refractivity contribution in [2.24, 2.45) is 0 Å². The van der Waals surface area contributed by atoms with Crippen LogP contribution in [0.15, 0.2) is 70.5 Å². The molecule has 8 nitrogen and oxygen atoms in total. The highest BCUT2D eigenvalue weighted by Gasteiger charge is 2.24. The summed E-state index contributed by atoms with van der Waals surface area (Å²) in [4.78, 5) is 44.7. The third kappa shape index (κ3) is 4.51. The van der Waals surface area contributed by atoms with Gasteiger partial charge in [-0.2, -0.15) is 0 Å². The van der Waals surface area contributed by atoms with Crippen LogP contribution in [0.1, 0.15) is 51.5 Å². The minimum atomic E-state index is -0.496. The molecule has 2 heterocycles. The Labute approximate surface area is 209 Å². The van der Waals surface area contributed by atoms with E-state index in [4.69, 9.17) is 0 Å². The number of aryl methyl sites for hydroxylation is 1. The SMILES string of the molecule is CCCCn1c(=O)n(CC(=O)Nc2ccccc2-c2ccccc2)c(=O)c2c1ncn2C1CCCC1. The number of carbonyl (C=O) groups is 1. The lowest BCUT2D eigenvalue weighted by atomic mass is 10.0. The van der Waals surface area contributed by atoms with Crippen molar-refractivity contribution in [3.8, 4) is 11.1 Å². The molecule has 0 bridgehead atoms. The number of hydrogen-bond acceptors (Lipinski definition) is 4.